The summed E-state index contributed by atoms with van der Waals surface area (Å²) in [4.78, 5) is 14.5. The van der Waals surface area contributed by atoms with Crippen molar-refractivity contribution in [2.75, 3.05) is 13.1 Å². The van der Waals surface area contributed by atoms with Crippen LogP contribution in [-0.2, 0) is 17.8 Å². The minimum atomic E-state index is -0.334. The predicted molar refractivity (Wildman–Crippen MR) is 87.7 cm³/mol. The Labute approximate surface area is 131 Å². The van der Waals surface area contributed by atoms with Crippen molar-refractivity contribution >= 4 is 16.8 Å². The average Bonchev–Trinajstić information content (AvgIpc) is 3.13. The number of amides is 1. The molecule has 1 amide bonds. The number of hydrogen-bond acceptors (Lipinski definition) is 2. The normalized spacial score (nSPS) is 19.8. The number of nitrogens with zero attached hydrogens (tertiary/aromatic N) is 2. The molecule has 0 saturated carbocycles. The lowest BCUT2D eigenvalue weighted by molar-refractivity contribution is -0.129. The lowest BCUT2D eigenvalue weighted by Crippen LogP contribution is -2.31. The monoisotopic (exact) mass is 300 g/mol. The number of aliphatic hydroxyl groups is 1. The molecule has 1 N–H and O–H groups in total. The first kappa shape index (κ1) is 15.1. The van der Waals surface area contributed by atoms with Crippen LogP contribution in [0.5, 0.6) is 0 Å². The third kappa shape index (κ3) is 2.75. The fourth-order valence-electron chi connectivity index (χ4n) is 3.41. The van der Waals surface area contributed by atoms with E-state index in [9.17, 15) is 9.90 Å². The van der Waals surface area contributed by atoms with Gasteiger partial charge in [0.25, 0.3) is 0 Å². The molecule has 3 rings (SSSR count). The molecule has 1 fully saturated rings. The number of carbonyl (C=O) groups excluding carboxylic acids is 1. The molecule has 4 nitrogen and oxygen atoms in total. The van der Waals surface area contributed by atoms with Gasteiger partial charge in [0.2, 0.25) is 5.91 Å². The molecule has 2 aromatic rings. The summed E-state index contributed by atoms with van der Waals surface area (Å²) < 4.78 is 2.19. The Bertz CT molecular complexity index is 675. The van der Waals surface area contributed by atoms with Gasteiger partial charge in [-0.1, -0.05) is 18.2 Å². The first-order chi connectivity index (χ1) is 10.6. The highest BCUT2D eigenvalue weighted by Gasteiger charge is 2.29. The van der Waals surface area contributed by atoms with E-state index in [-0.39, 0.29) is 17.9 Å². The van der Waals surface area contributed by atoms with Crippen molar-refractivity contribution < 1.29 is 9.90 Å². The van der Waals surface area contributed by atoms with E-state index in [4.69, 9.17) is 0 Å². The van der Waals surface area contributed by atoms with Crippen LogP contribution in [0.25, 0.3) is 10.9 Å². The molecule has 0 spiro atoms. The molecule has 0 aliphatic carbocycles. The molecule has 2 unspecified atom stereocenters. The molecule has 1 aliphatic heterocycles. The molecule has 0 radical (unpaired) electrons. The Balaban J connectivity index is 1.78. The van der Waals surface area contributed by atoms with Gasteiger partial charge < -0.3 is 14.6 Å². The van der Waals surface area contributed by atoms with Crippen molar-refractivity contribution in [1.82, 2.24) is 9.47 Å². The summed E-state index contributed by atoms with van der Waals surface area (Å²) in [6, 6.07) is 8.25. The van der Waals surface area contributed by atoms with Gasteiger partial charge >= 0.3 is 0 Å². The van der Waals surface area contributed by atoms with Crippen LogP contribution < -0.4 is 0 Å². The molecule has 118 valence electrons. The molecule has 2 heterocycles. The Morgan fingerprint density at radius 3 is 2.86 bits per heavy atom. The second kappa shape index (κ2) is 6.13. The Hall–Kier alpha value is -1.81. The zero-order chi connectivity index (χ0) is 15.7. The molecule has 4 heteroatoms. The summed E-state index contributed by atoms with van der Waals surface area (Å²) in [7, 11) is 0. The maximum atomic E-state index is 12.6. The fraction of sp³-hybridized carbons (Fsp3) is 0.500. The number of aliphatic hydroxyl groups excluding tert-OH is 1. The SMILES string of the molecule is CCn1cc(CC(=O)N2CCC(C(C)O)C2)c2ccccc21. The third-order valence-corrected chi connectivity index (χ3v) is 4.81. The van der Waals surface area contributed by atoms with Crippen LogP contribution in [0.15, 0.2) is 30.5 Å². The van der Waals surface area contributed by atoms with Crippen LogP contribution >= 0.6 is 0 Å². The van der Waals surface area contributed by atoms with Crippen LogP contribution in [-0.4, -0.2) is 39.7 Å². The van der Waals surface area contributed by atoms with E-state index in [0.717, 1.165) is 25.1 Å². The van der Waals surface area contributed by atoms with Crippen molar-refractivity contribution in [1.29, 1.82) is 0 Å². The molecule has 1 aromatic carbocycles. The molecule has 0 bridgehead atoms. The lowest BCUT2D eigenvalue weighted by Gasteiger charge is -2.17. The summed E-state index contributed by atoms with van der Waals surface area (Å²) in [6.07, 6.45) is 3.12. The molecule has 22 heavy (non-hydrogen) atoms. The molecule has 2 atom stereocenters. The third-order valence-electron chi connectivity index (χ3n) is 4.81. The van der Waals surface area contributed by atoms with Gasteiger partial charge in [-0.25, -0.2) is 0 Å². The zero-order valence-corrected chi connectivity index (χ0v) is 13.3. The fourth-order valence-corrected chi connectivity index (χ4v) is 3.41. The first-order valence-electron chi connectivity index (χ1n) is 8.12. The smallest absolute Gasteiger partial charge is 0.227 e. The number of aromatic nitrogens is 1. The molecule has 1 aliphatic rings. The highest BCUT2D eigenvalue weighted by molar-refractivity contribution is 5.89. The van der Waals surface area contributed by atoms with E-state index in [2.05, 4.69) is 29.8 Å². The van der Waals surface area contributed by atoms with Gasteiger partial charge in [-0.2, -0.15) is 0 Å². The summed E-state index contributed by atoms with van der Waals surface area (Å²) in [6.45, 7) is 6.28. The number of para-hydroxylation sites is 1. The van der Waals surface area contributed by atoms with Crippen molar-refractivity contribution in [3.05, 3.63) is 36.0 Å². The highest BCUT2D eigenvalue weighted by atomic mass is 16.3. The topological polar surface area (TPSA) is 45.5 Å². The van der Waals surface area contributed by atoms with E-state index in [1.54, 1.807) is 0 Å². The second-order valence-corrected chi connectivity index (χ2v) is 6.26. The molecular formula is C18H24N2O2. The number of benzene rings is 1. The minimum absolute atomic E-state index is 0.169. The number of hydrogen-bond donors (Lipinski definition) is 1. The van der Waals surface area contributed by atoms with Gasteiger partial charge in [-0.15, -0.1) is 0 Å². The van der Waals surface area contributed by atoms with Gasteiger partial charge in [0, 0.05) is 42.7 Å². The van der Waals surface area contributed by atoms with Crippen LogP contribution in [0.3, 0.4) is 0 Å². The van der Waals surface area contributed by atoms with Gasteiger partial charge in [0.05, 0.1) is 12.5 Å². The van der Waals surface area contributed by atoms with Crippen LogP contribution in [0.4, 0.5) is 0 Å². The van der Waals surface area contributed by atoms with Crippen molar-refractivity contribution in [3.63, 3.8) is 0 Å². The maximum Gasteiger partial charge on any atom is 0.227 e. The maximum absolute atomic E-state index is 12.6. The summed E-state index contributed by atoms with van der Waals surface area (Å²) in [5.41, 5.74) is 2.29. The minimum Gasteiger partial charge on any atom is -0.393 e. The Morgan fingerprint density at radius 2 is 2.18 bits per heavy atom. The number of likely N-dealkylation sites (tertiary alicyclic amines) is 1. The van der Waals surface area contributed by atoms with E-state index in [1.807, 2.05) is 24.0 Å². The summed E-state index contributed by atoms with van der Waals surface area (Å²) >= 11 is 0. The van der Waals surface area contributed by atoms with Gasteiger partial charge in [-0.3, -0.25) is 4.79 Å². The van der Waals surface area contributed by atoms with E-state index < -0.39 is 0 Å². The molecule has 1 aromatic heterocycles. The average molecular weight is 300 g/mol. The van der Waals surface area contributed by atoms with Crippen molar-refractivity contribution in [3.8, 4) is 0 Å². The molecule has 1 saturated heterocycles. The first-order valence-corrected chi connectivity index (χ1v) is 8.12. The standard InChI is InChI=1S/C18H24N2O2/c1-3-19-12-15(16-6-4-5-7-17(16)19)10-18(22)20-9-8-14(11-20)13(2)21/h4-7,12-14,21H,3,8-11H2,1-2H3. The lowest BCUT2D eigenvalue weighted by atomic mass is 10.0. The van der Waals surface area contributed by atoms with Crippen LogP contribution in [0.2, 0.25) is 0 Å². The largest absolute Gasteiger partial charge is 0.393 e. The van der Waals surface area contributed by atoms with Gasteiger partial charge in [-0.05, 0) is 31.9 Å². The van der Waals surface area contributed by atoms with E-state index >= 15 is 0 Å². The molecular weight excluding hydrogens is 276 g/mol. The Morgan fingerprint density at radius 1 is 1.41 bits per heavy atom. The summed E-state index contributed by atoms with van der Waals surface area (Å²) in [5.74, 6) is 0.392. The van der Waals surface area contributed by atoms with Gasteiger partial charge in [0.1, 0.15) is 0 Å². The zero-order valence-electron chi connectivity index (χ0n) is 13.3. The Kier molecular flexibility index (Phi) is 4.21. The van der Waals surface area contributed by atoms with Crippen LogP contribution in [0, 0.1) is 5.92 Å². The number of rotatable bonds is 4. The predicted octanol–water partition coefficient (Wildman–Crippen LogP) is 2.43. The summed E-state index contributed by atoms with van der Waals surface area (Å²) in [5, 5.41) is 10.8. The second-order valence-electron chi connectivity index (χ2n) is 6.26. The number of aryl methyl sites for hydroxylation is 1. The number of carbonyl (C=O) groups is 1. The van der Waals surface area contributed by atoms with E-state index in [0.29, 0.717) is 13.0 Å². The quantitative estimate of drug-likeness (QED) is 0.942. The van der Waals surface area contributed by atoms with E-state index in [1.165, 1.54) is 10.9 Å². The van der Waals surface area contributed by atoms with Crippen LogP contribution in [0.1, 0.15) is 25.8 Å². The van der Waals surface area contributed by atoms with Gasteiger partial charge in [0.15, 0.2) is 0 Å². The van der Waals surface area contributed by atoms with Crippen molar-refractivity contribution in [2.45, 2.75) is 39.3 Å². The highest BCUT2D eigenvalue weighted by Crippen LogP contribution is 2.24. The van der Waals surface area contributed by atoms with Crippen molar-refractivity contribution in [2.24, 2.45) is 5.92 Å². The number of fused-ring (bicyclic) bond motifs is 1.